The first-order chi connectivity index (χ1) is 15.5. The third kappa shape index (κ3) is 4.67. The fourth-order valence-electron chi connectivity index (χ4n) is 3.35. The highest BCUT2D eigenvalue weighted by atomic mass is 16.3. The Balaban J connectivity index is 1.39. The average molecular weight is 427 g/mol. The van der Waals surface area contributed by atoms with Gasteiger partial charge in [0.05, 0.1) is 12.7 Å². The van der Waals surface area contributed by atoms with E-state index in [4.69, 9.17) is 4.42 Å². The van der Waals surface area contributed by atoms with E-state index in [0.29, 0.717) is 5.69 Å². The SMILES string of the molecule is Cc1ccc(C(=O)NNC(=O)Cc2cccc3ccccc23)cc1NC(=O)c1ccco1. The maximum Gasteiger partial charge on any atom is 0.291 e. The lowest BCUT2D eigenvalue weighted by Crippen LogP contribution is -2.42. The minimum Gasteiger partial charge on any atom is -0.459 e. The zero-order valence-corrected chi connectivity index (χ0v) is 17.3. The van der Waals surface area contributed by atoms with Gasteiger partial charge >= 0.3 is 0 Å². The normalized spacial score (nSPS) is 10.5. The molecular formula is C25H21N3O4. The van der Waals surface area contributed by atoms with Gasteiger partial charge in [0.15, 0.2) is 5.76 Å². The number of benzene rings is 3. The summed E-state index contributed by atoms with van der Waals surface area (Å²) in [4.78, 5) is 37.2. The van der Waals surface area contributed by atoms with E-state index in [1.807, 2.05) is 49.4 Å². The third-order valence-electron chi connectivity index (χ3n) is 5.04. The quantitative estimate of drug-likeness (QED) is 0.419. The minimum absolute atomic E-state index is 0.125. The van der Waals surface area contributed by atoms with Crippen LogP contribution < -0.4 is 16.2 Å². The Hall–Kier alpha value is -4.39. The van der Waals surface area contributed by atoms with Crippen LogP contribution in [0.15, 0.2) is 83.5 Å². The van der Waals surface area contributed by atoms with Crippen molar-refractivity contribution in [3.8, 4) is 0 Å². The predicted octanol–water partition coefficient (Wildman–Crippen LogP) is 4.00. The lowest BCUT2D eigenvalue weighted by atomic mass is 10.0. The van der Waals surface area contributed by atoms with Crippen LogP contribution in [-0.2, 0) is 11.2 Å². The summed E-state index contributed by atoms with van der Waals surface area (Å²) < 4.78 is 5.09. The van der Waals surface area contributed by atoms with Gasteiger partial charge in [0.1, 0.15) is 0 Å². The van der Waals surface area contributed by atoms with Crippen LogP contribution >= 0.6 is 0 Å². The summed E-state index contributed by atoms with van der Waals surface area (Å²) in [6, 6.07) is 21.6. The fraction of sp³-hybridized carbons (Fsp3) is 0.0800. The van der Waals surface area contributed by atoms with Gasteiger partial charge in [-0.1, -0.05) is 48.5 Å². The molecule has 0 saturated heterocycles. The molecule has 0 bridgehead atoms. The van der Waals surface area contributed by atoms with Crippen molar-refractivity contribution in [3.05, 3.63) is 102 Å². The molecule has 160 valence electrons. The molecule has 7 heteroatoms. The highest BCUT2D eigenvalue weighted by molar-refractivity contribution is 6.04. The number of carbonyl (C=O) groups is 3. The summed E-state index contributed by atoms with van der Waals surface area (Å²) in [6.45, 7) is 1.81. The number of anilines is 1. The van der Waals surface area contributed by atoms with Gasteiger partial charge in [-0.3, -0.25) is 25.2 Å². The predicted molar refractivity (Wildman–Crippen MR) is 121 cm³/mol. The van der Waals surface area contributed by atoms with E-state index in [1.165, 1.54) is 6.26 Å². The van der Waals surface area contributed by atoms with Crippen LogP contribution in [0.25, 0.3) is 10.8 Å². The summed E-state index contributed by atoms with van der Waals surface area (Å²) in [5, 5.41) is 4.76. The smallest absolute Gasteiger partial charge is 0.291 e. The molecule has 0 fully saturated rings. The van der Waals surface area contributed by atoms with Crippen molar-refractivity contribution >= 4 is 34.2 Å². The monoisotopic (exact) mass is 427 g/mol. The number of carbonyl (C=O) groups excluding carboxylic acids is 3. The first kappa shape index (κ1) is 20.9. The van der Waals surface area contributed by atoms with Crippen molar-refractivity contribution in [2.75, 3.05) is 5.32 Å². The molecule has 32 heavy (non-hydrogen) atoms. The number of furan rings is 1. The molecule has 0 aliphatic rings. The summed E-state index contributed by atoms with van der Waals surface area (Å²) in [7, 11) is 0. The van der Waals surface area contributed by atoms with Crippen molar-refractivity contribution in [1.82, 2.24) is 10.9 Å². The van der Waals surface area contributed by atoms with Gasteiger partial charge in [-0.15, -0.1) is 0 Å². The van der Waals surface area contributed by atoms with Gasteiger partial charge in [-0.25, -0.2) is 0 Å². The van der Waals surface area contributed by atoms with Crippen LogP contribution in [0.2, 0.25) is 0 Å². The second kappa shape index (κ2) is 9.18. The van der Waals surface area contributed by atoms with E-state index in [0.717, 1.165) is 21.9 Å². The number of hydrogen-bond acceptors (Lipinski definition) is 4. The molecule has 7 nitrogen and oxygen atoms in total. The maximum absolute atomic E-state index is 12.5. The number of amides is 3. The van der Waals surface area contributed by atoms with Gasteiger partial charge in [-0.05, 0) is 53.1 Å². The summed E-state index contributed by atoms with van der Waals surface area (Å²) >= 11 is 0. The molecule has 1 aromatic heterocycles. The van der Waals surface area contributed by atoms with Gasteiger partial charge in [0.2, 0.25) is 5.91 Å². The molecule has 3 N–H and O–H groups in total. The van der Waals surface area contributed by atoms with Gasteiger partial charge in [0, 0.05) is 11.3 Å². The van der Waals surface area contributed by atoms with E-state index >= 15 is 0 Å². The Morgan fingerprint density at radius 3 is 2.47 bits per heavy atom. The molecule has 0 spiro atoms. The van der Waals surface area contributed by atoms with Crippen molar-refractivity contribution in [3.63, 3.8) is 0 Å². The van der Waals surface area contributed by atoms with Gasteiger partial charge in [0.25, 0.3) is 11.8 Å². The van der Waals surface area contributed by atoms with Gasteiger partial charge in [-0.2, -0.15) is 0 Å². The number of nitrogens with one attached hydrogen (secondary N) is 3. The number of aryl methyl sites for hydroxylation is 1. The van der Waals surface area contributed by atoms with Crippen LogP contribution in [0.5, 0.6) is 0 Å². The van der Waals surface area contributed by atoms with Crippen molar-refractivity contribution in [2.45, 2.75) is 13.3 Å². The molecule has 0 aliphatic heterocycles. The molecule has 3 amide bonds. The zero-order valence-electron chi connectivity index (χ0n) is 17.3. The Bertz CT molecular complexity index is 1290. The number of fused-ring (bicyclic) bond motifs is 1. The second-order valence-corrected chi connectivity index (χ2v) is 7.28. The van der Waals surface area contributed by atoms with E-state index in [-0.39, 0.29) is 23.7 Å². The average Bonchev–Trinajstić information content (AvgIpc) is 3.34. The van der Waals surface area contributed by atoms with Crippen LogP contribution in [0.3, 0.4) is 0 Å². The van der Waals surface area contributed by atoms with E-state index in [2.05, 4.69) is 16.2 Å². The van der Waals surface area contributed by atoms with Gasteiger partial charge < -0.3 is 9.73 Å². The van der Waals surface area contributed by atoms with Crippen molar-refractivity contribution in [1.29, 1.82) is 0 Å². The highest BCUT2D eigenvalue weighted by Crippen LogP contribution is 2.19. The lowest BCUT2D eigenvalue weighted by molar-refractivity contribution is -0.121. The topological polar surface area (TPSA) is 100 Å². The minimum atomic E-state index is -0.496. The molecule has 0 radical (unpaired) electrons. The third-order valence-corrected chi connectivity index (χ3v) is 5.04. The van der Waals surface area contributed by atoms with Crippen molar-refractivity contribution < 1.29 is 18.8 Å². The maximum atomic E-state index is 12.5. The molecule has 1 heterocycles. The standard InChI is InChI=1S/C25H21N3O4/c1-16-11-12-19(14-21(16)26-25(31)22-10-5-13-32-22)24(30)28-27-23(29)15-18-8-4-7-17-6-2-3-9-20(17)18/h2-14H,15H2,1H3,(H,26,31)(H,27,29)(H,28,30). The lowest BCUT2D eigenvalue weighted by Gasteiger charge is -2.11. The molecule has 0 aliphatic carbocycles. The van der Waals surface area contributed by atoms with Crippen LogP contribution in [0, 0.1) is 6.92 Å². The fourth-order valence-corrected chi connectivity index (χ4v) is 3.35. The summed E-state index contributed by atoms with van der Waals surface area (Å²) in [5.41, 5.74) is 7.28. The zero-order chi connectivity index (χ0) is 22.5. The Morgan fingerprint density at radius 2 is 1.66 bits per heavy atom. The highest BCUT2D eigenvalue weighted by Gasteiger charge is 2.14. The molecule has 3 aromatic carbocycles. The van der Waals surface area contributed by atoms with E-state index in [9.17, 15) is 14.4 Å². The molecule has 4 aromatic rings. The first-order valence-electron chi connectivity index (χ1n) is 10.0. The number of hydrogen-bond donors (Lipinski definition) is 3. The molecule has 0 unspecified atom stereocenters. The molecular weight excluding hydrogens is 406 g/mol. The van der Waals surface area contributed by atoms with Crippen LogP contribution in [-0.4, -0.2) is 17.7 Å². The summed E-state index contributed by atoms with van der Waals surface area (Å²) in [6.07, 6.45) is 1.53. The molecule has 0 atom stereocenters. The summed E-state index contributed by atoms with van der Waals surface area (Å²) in [5.74, 6) is -1.09. The second-order valence-electron chi connectivity index (χ2n) is 7.28. The Morgan fingerprint density at radius 1 is 0.844 bits per heavy atom. The van der Waals surface area contributed by atoms with Crippen LogP contribution in [0.1, 0.15) is 32.0 Å². The van der Waals surface area contributed by atoms with E-state index < -0.39 is 11.8 Å². The largest absolute Gasteiger partial charge is 0.459 e. The Labute approximate surface area is 184 Å². The molecule has 0 saturated carbocycles. The van der Waals surface area contributed by atoms with Crippen molar-refractivity contribution in [2.24, 2.45) is 0 Å². The number of rotatable bonds is 5. The molecule has 4 rings (SSSR count). The van der Waals surface area contributed by atoms with Crippen LogP contribution in [0.4, 0.5) is 5.69 Å². The van der Waals surface area contributed by atoms with E-state index in [1.54, 1.807) is 30.3 Å². The Kier molecular flexibility index (Phi) is 5.98. The number of hydrazine groups is 1. The first-order valence-corrected chi connectivity index (χ1v) is 10.0.